The van der Waals surface area contributed by atoms with Gasteiger partial charge in [0.15, 0.2) is 9.84 Å². The van der Waals surface area contributed by atoms with E-state index in [9.17, 15) is 13.2 Å². The molecular formula is C10H15N3O3S. The van der Waals surface area contributed by atoms with Crippen LogP contribution >= 0.6 is 0 Å². The van der Waals surface area contributed by atoms with Gasteiger partial charge in [-0.15, -0.1) is 0 Å². The van der Waals surface area contributed by atoms with E-state index in [0.717, 1.165) is 5.69 Å². The van der Waals surface area contributed by atoms with Crippen molar-refractivity contribution in [2.45, 2.75) is 19.4 Å². The van der Waals surface area contributed by atoms with Crippen LogP contribution in [0.5, 0.6) is 0 Å². The number of carbonyl (C=O) groups is 1. The number of aryl methyl sites for hydroxylation is 1. The molecule has 1 aliphatic rings. The van der Waals surface area contributed by atoms with Gasteiger partial charge in [0.2, 0.25) is 0 Å². The first-order chi connectivity index (χ1) is 7.89. The third-order valence-corrected chi connectivity index (χ3v) is 4.82. The molecular weight excluding hydrogens is 242 g/mol. The van der Waals surface area contributed by atoms with E-state index >= 15 is 0 Å². The van der Waals surface area contributed by atoms with Crippen molar-refractivity contribution in [2.75, 3.05) is 11.5 Å². The molecule has 0 radical (unpaired) electrons. The molecule has 1 amide bonds. The van der Waals surface area contributed by atoms with Gasteiger partial charge in [-0.1, -0.05) is 0 Å². The summed E-state index contributed by atoms with van der Waals surface area (Å²) in [6.45, 7) is 1.80. The highest BCUT2D eigenvalue weighted by Crippen LogP contribution is 2.13. The molecule has 0 bridgehead atoms. The molecule has 0 spiro atoms. The number of nitrogens with one attached hydrogen (secondary N) is 1. The van der Waals surface area contributed by atoms with Gasteiger partial charge in [-0.2, -0.15) is 5.10 Å². The zero-order valence-electron chi connectivity index (χ0n) is 9.80. The zero-order chi connectivity index (χ0) is 12.6. The summed E-state index contributed by atoms with van der Waals surface area (Å²) in [7, 11) is -1.21. The van der Waals surface area contributed by atoms with Gasteiger partial charge in [0.25, 0.3) is 5.91 Å². The number of amides is 1. The van der Waals surface area contributed by atoms with Gasteiger partial charge in [-0.3, -0.25) is 9.48 Å². The second-order valence-electron chi connectivity index (χ2n) is 4.34. The van der Waals surface area contributed by atoms with Crippen molar-refractivity contribution in [1.29, 1.82) is 0 Å². The first-order valence-electron chi connectivity index (χ1n) is 5.39. The summed E-state index contributed by atoms with van der Waals surface area (Å²) in [6, 6.07) is -0.271. The molecule has 0 aliphatic carbocycles. The largest absolute Gasteiger partial charge is 0.348 e. The monoisotopic (exact) mass is 257 g/mol. The van der Waals surface area contributed by atoms with Crippen LogP contribution in [0.1, 0.15) is 22.5 Å². The molecule has 17 heavy (non-hydrogen) atoms. The normalized spacial score (nSPS) is 22.6. The number of sulfone groups is 1. The number of aromatic nitrogens is 2. The summed E-state index contributed by atoms with van der Waals surface area (Å²) in [5.74, 6) is -0.0557. The standard InChI is InChI=1S/C10H15N3O3S/c1-7-9(5-11-13(7)2)10(14)12-8-3-4-17(15,16)6-8/h5,8H,3-4,6H2,1-2H3,(H,12,14)/t8-/m1/s1. The maximum atomic E-state index is 11.9. The molecule has 6 nitrogen and oxygen atoms in total. The first-order valence-corrected chi connectivity index (χ1v) is 7.21. The maximum absolute atomic E-state index is 11.9. The predicted octanol–water partition coefficient (Wildman–Crippen LogP) is -0.355. The van der Waals surface area contributed by atoms with Crippen LogP contribution in [0, 0.1) is 6.92 Å². The van der Waals surface area contributed by atoms with Crippen molar-refractivity contribution >= 4 is 15.7 Å². The number of hydrogen-bond donors (Lipinski definition) is 1. The van der Waals surface area contributed by atoms with Crippen LogP contribution in [0.2, 0.25) is 0 Å². The van der Waals surface area contributed by atoms with Gasteiger partial charge in [0.05, 0.1) is 23.3 Å². The third kappa shape index (κ3) is 2.49. The Labute approximate surface area is 99.9 Å². The van der Waals surface area contributed by atoms with Gasteiger partial charge >= 0.3 is 0 Å². The average Bonchev–Trinajstić information content (AvgIpc) is 2.72. The minimum absolute atomic E-state index is 0.0397. The fourth-order valence-electron chi connectivity index (χ4n) is 1.89. The van der Waals surface area contributed by atoms with E-state index in [4.69, 9.17) is 0 Å². The van der Waals surface area contributed by atoms with Crippen LogP contribution < -0.4 is 5.32 Å². The molecule has 0 aromatic carbocycles. The highest BCUT2D eigenvalue weighted by atomic mass is 32.2. The Morgan fingerprint density at radius 3 is 2.76 bits per heavy atom. The van der Waals surface area contributed by atoms with Crippen LogP contribution in [-0.2, 0) is 16.9 Å². The molecule has 1 atom stereocenters. The molecule has 1 fully saturated rings. The lowest BCUT2D eigenvalue weighted by Gasteiger charge is -2.10. The second kappa shape index (κ2) is 4.14. The fraction of sp³-hybridized carbons (Fsp3) is 0.600. The highest BCUT2D eigenvalue weighted by Gasteiger charge is 2.29. The van der Waals surface area contributed by atoms with Crippen LogP contribution in [0.25, 0.3) is 0 Å². The van der Waals surface area contributed by atoms with E-state index in [1.165, 1.54) is 6.20 Å². The summed E-state index contributed by atoms with van der Waals surface area (Å²) in [4.78, 5) is 11.9. The van der Waals surface area contributed by atoms with E-state index in [-0.39, 0.29) is 23.5 Å². The SMILES string of the molecule is Cc1c(C(=O)N[C@@H]2CCS(=O)(=O)C2)cnn1C. The molecule has 2 rings (SSSR count). The molecule has 2 heterocycles. The van der Waals surface area contributed by atoms with Gasteiger partial charge in [0, 0.05) is 18.8 Å². The van der Waals surface area contributed by atoms with Crippen LogP contribution in [0.4, 0.5) is 0 Å². The number of rotatable bonds is 2. The molecule has 1 aliphatic heterocycles. The Balaban J connectivity index is 2.06. The van der Waals surface area contributed by atoms with Crippen molar-refractivity contribution in [1.82, 2.24) is 15.1 Å². The minimum atomic E-state index is -2.96. The summed E-state index contributed by atoms with van der Waals surface area (Å²) in [5.41, 5.74) is 1.26. The van der Waals surface area contributed by atoms with Crippen LogP contribution in [0.15, 0.2) is 6.20 Å². The second-order valence-corrected chi connectivity index (χ2v) is 6.57. The highest BCUT2D eigenvalue weighted by molar-refractivity contribution is 7.91. The van der Waals surface area contributed by atoms with Gasteiger partial charge in [-0.25, -0.2) is 8.42 Å². The summed E-state index contributed by atoms with van der Waals surface area (Å²) < 4.78 is 24.1. The van der Waals surface area contributed by atoms with Crippen LogP contribution in [0.3, 0.4) is 0 Å². The lowest BCUT2D eigenvalue weighted by molar-refractivity contribution is 0.0940. The number of hydrogen-bond acceptors (Lipinski definition) is 4. The molecule has 0 unspecified atom stereocenters. The molecule has 7 heteroatoms. The van der Waals surface area contributed by atoms with Gasteiger partial charge in [0.1, 0.15) is 0 Å². The smallest absolute Gasteiger partial charge is 0.254 e. The van der Waals surface area contributed by atoms with Crippen molar-refractivity contribution in [2.24, 2.45) is 7.05 Å². The molecule has 1 saturated heterocycles. The Bertz CT molecular complexity index is 547. The first kappa shape index (κ1) is 12.1. The summed E-state index contributed by atoms with van der Waals surface area (Å²) in [6.07, 6.45) is 1.99. The molecule has 1 N–H and O–H groups in total. The third-order valence-electron chi connectivity index (χ3n) is 3.05. The summed E-state index contributed by atoms with van der Waals surface area (Å²) in [5, 5.41) is 6.71. The van der Waals surface area contributed by atoms with E-state index in [1.54, 1.807) is 18.7 Å². The number of nitrogens with zero attached hydrogens (tertiary/aromatic N) is 2. The minimum Gasteiger partial charge on any atom is -0.348 e. The van der Waals surface area contributed by atoms with Crippen molar-refractivity contribution in [3.05, 3.63) is 17.5 Å². The van der Waals surface area contributed by atoms with E-state index in [0.29, 0.717) is 12.0 Å². The molecule has 1 aromatic heterocycles. The van der Waals surface area contributed by atoms with Gasteiger partial charge in [-0.05, 0) is 13.3 Å². The van der Waals surface area contributed by atoms with E-state index in [1.807, 2.05) is 0 Å². The maximum Gasteiger partial charge on any atom is 0.254 e. The Hall–Kier alpha value is -1.37. The van der Waals surface area contributed by atoms with Gasteiger partial charge < -0.3 is 5.32 Å². The Morgan fingerprint density at radius 2 is 2.29 bits per heavy atom. The lowest BCUT2D eigenvalue weighted by atomic mass is 10.2. The Kier molecular flexibility index (Phi) is 2.94. The van der Waals surface area contributed by atoms with E-state index in [2.05, 4.69) is 10.4 Å². The van der Waals surface area contributed by atoms with Crippen LogP contribution in [-0.4, -0.2) is 41.7 Å². The van der Waals surface area contributed by atoms with Crippen molar-refractivity contribution in [3.63, 3.8) is 0 Å². The molecule has 0 saturated carbocycles. The number of carbonyl (C=O) groups excluding carboxylic acids is 1. The predicted molar refractivity (Wildman–Crippen MR) is 62.5 cm³/mol. The average molecular weight is 257 g/mol. The molecule has 94 valence electrons. The van der Waals surface area contributed by atoms with E-state index < -0.39 is 9.84 Å². The zero-order valence-corrected chi connectivity index (χ0v) is 10.6. The summed E-state index contributed by atoms with van der Waals surface area (Å²) >= 11 is 0. The quantitative estimate of drug-likeness (QED) is 0.785. The lowest BCUT2D eigenvalue weighted by Crippen LogP contribution is -2.35. The topological polar surface area (TPSA) is 81.1 Å². The fourth-order valence-corrected chi connectivity index (χ4v) is 3.57. The van der Waals surface area contributed by atoms with Crippen molar-refractivity contribution < 1.29 is 13.2 Å². The van der Waals surface area contributed by atoms with Crippen molar-refractivity contribution in [3.8, 4) is 0 Å². The molecule has 1 aromatic rings. The Morgan fingerprint density at radius 1 is 1.59 bits per heavy atom.